The predicted molar refractivity (Wildman–Crippen MR) is 69.6 cm³/mol. The number of nitrogens with one attached hydrogen (secondary N) is 1. The van der Waals surface area contributed by atoms with E-state index in [0.29, 0.717) is 4.73 Å². The van der Waals surface area contributed by atoms with Gasteiger partial charge in [0.25, 0.3) is 0 Å². The lowest BCUT2D eigenvalue weighted by Crippen LogP contribution is -1.91. The molecule has 0 atom stereocenters. The SMILES string of the molecule is Cc1ccc2nc(Br)nc(-c3cn[nH]c3)c2c1. The zero-order valence-corrected chi connectivity index (χ0v) is 10.7. The molecule has 3 rings (SSSR count). The van der Waals surface area contributed by atoms with Crippen molar-refractivity contribution in [1.82, 2.24) is 20.2 Å². The Bertz CT molecular complexity index is 676. The fraction of sp³-hybridized carbons (Fsp3) is 0.0833. The van der Waals surface area contributed by atoms with Gasteiger partial charge in [0.2, 0.25) is 0 Å². The highest BCUT2D eigenvalue weighted by Gasteiger charge is 2.09. The molecule has 0 saturated heterocycles. The Balaban J connectivity index is 2.39. The van der Waals surface area contributed by atoms with E-state index in [1.807, 2.05) is 18.3 Å². The van der Waals surface area contributed by atoms with E-state index >= 15 is 0 Å². The number of fused-ring (bicyclic) bond motifs is 1. The molecule has 4 nitrogen and oxygen atoms in total. The Morgan fingerprint density at radius 3 is 2.88 bits per heavy atom. The molecule has 2 heterocycles. The summed E-state index contributed by atoms with van der Waals surface area (Å²) in [5.41, 5.74) is 3.96. The fourth-order valence-corrected chi connectivity index (χ4v) is 2.18. The Morgan fingerprint density at radius 1 is 1.24 bits per heavy atom. The maximum atomic E-state index is 4.43. The van der Waals surface area contributed by atoms with Crippen LogP contribution in [0.2, 0.25) is 0 Å². The zero-order valence-electron chi connectivity index (χ0n) is 9.11. The van der Waals surface area contributed by atoms with E-state index in [4.69, 9.17) is 0 Å². The lowest BCUT2D eigenvalue weighted by molar-refractivity contribution is 1.09. The molecular formula is C12H9BrN4. The average Bonchev–Trinajstić information content (AvgIpc) is 2.82. The maximum Gasteiger partial charge on any atom is 0.197 e. The van der Waals surface area contributed by atoms with Crippen LogP contribution in [0, 0.1) is 6.92 Å². The van der Waals surface area contributed by atoms with Crippen LogP contribution in [0.5, 0.6) is 0 Å². The average molecular weight is 289 g/mol. The van der Waals surface area contributed by atoms with Gasteiger partial charge in [-0.15, -0.1) is 0 Å². The maximum absolute atomic E-state index is 4.43. The molecule has 1 aromatic carbocycles. The number of hydrogen-bond acceptors (Lipinski definition) is 3. The second-order valence-electron chi connectivity index (χ2n) is 3.85. The predicted octanol–water partition coefficient (Wildman–Crippen LogP) is 3.09. The van der Waals surface area contributed by atoms with E-state index in [-0.39, 0.29) is 0 Å². The van der Waals surface area contributed by atoms with Crippen LogP contribution in [0.1, 0.15) is 5.56 Å². The Kier molecular flexibility index (Phi) is 2.40. The summed E-state index contributed by atoms with van der Waals surface area (Å²) in [4.78, 5) is 8.79. The highest BCUT2D eigenvalue weighted by Crippen LogP contribution is 2.27. The number of aromatic nitrogens is 4. The third kappa shape index (κ3) is 1.82. The molecule has 2 aromatic heterocycles. The minimum Gasteiger partial charge on any atom is -0.285 e. The van der Waals surface area contributed by atoms with Crippen LogP contribution >= 0.6 is 15.9 Å². The van der Waals surface area contributed by atoms with E-state index < -0.39 is 0 Å². The van der Waals surface area contributed by atoms with Crippen LogP contribution < -0.4 is 0 Å². The second kappa shape index (κ2) is 3.92. The molecule has 17 heavy (non-hydrogen) atoms. The van der Waals surface area contributed by atoms with E-state index in [2.05, 4.69) is 49.1 Å². The second-order valence-corrected chi connectivity index (χ2v) is 4.56. The summed E-state index contributed by atoms with van der Waals surface area (Å²) in [6, 6.07) is 6.13. The van der Waals surface area contributed by atoms with Crippen LogP contribution in [0.4, 0.5) is 0 Å². The number of benzene rings is 1. The van der Waals surface area contributed by atoms with Gasteiger partial charge in [0.15, 0.2) is 4.73 Å². The number of aryl methyl sites for hydroxylation is 1. The van der Waals surface area contributed by atoms with Crippen LogP contribution in [0.15, 0.2) is 35.3 Å². The molecular weight excluding hydrogens is 280 g/mol. The largest absolute Gasteiger partial charge is 0.285 e. The summed E-state index contributed by atoms with van der Waals surface area (Å²) >= 11 is 3.33. The van der Waals surface area contributed by atoms with E-state index in [0.717, 1.165) is 22.2 Å². The molecule has 5 heteroatoms. The molecule has 0 bridgehead atoms. The first-order valence-electron chi connectivity index (χ1n) is 5.17. The van der Waals surface area contributed by atoms with Crippen molar-refractivity contribution in [3.8, 4) is 11.3 Å². The zero-order chi connectivity index (χ0) is 11.8. The summed E-state index contributed by atoms with van der Waals surface area (Å²) in [6.45, 7) is 2.06. The first-order valence-corrected chi connectivity index (χ1v) is 5.96. The molecule has 0 aliphatic heterocycles. The van der Waals surface area contributed by atoms with Gasteiger partial charge in [-0.25, -0.2) is 9.97 Å². The molecule has 0 aliphatic rings. The molecule has 84 valence electrons. The molecule has 0 amide bonds. The van der Waals surface area contributed by atoms with Gasteiger partial charge in [0.1, 0.15) is 0 Å². The summed E-state index contributed by atoms with van der Waals surface area (Å²) in [5.74, 6) is 0. The van der Waals surface area contributed by atoms with Crippen LogP contribution in [0.25, 0.3) is 22.2 Å². The van der Waals surface area contributed by atoms with Gasteiger partial charge in [0.05, 0.1) is 17.4 Å². The molecule has 0 fully saturated rings. The number of H-pyrrole nitrogens is 1. The van der Waals surface area contributed by atoms with Gasteiger partial charge < -0.3 is 0 Å². The van der Waals surface area contributed by atoms with Gasteiger partial charge in [-0.2, -0.15) is 5.10 Å². The Hall–Kier alpha value is -1.75. The third-order valence-electron chi connectivity index (χ3n) is 2.60. The Morgan fingerprint density at radius 2 is 2.12 bits per heavy atom. The highest BCUT2D eigenvalue weighted by molar-refractivity contribution is 9.10. The van der Waals surface area contributed by atoms with Crippen molar-refractivity contribution in [3.05, 3.63) is 40.9 Å². The van der Waals surface area contributed by atoms with Crippen molar-refractivity contribution >= 4 is 26.8 Å². The summed E-state index contributed by atoms with van der Waals surface area (Å²) in [5, 5.41) is 7.79. The molecule has 1 N–H and O–H groups in total. The monoisotopic (exact) mass is 288 g/mol. The van der Waals surface area contributed by atoms with E-state index in [1.54, 1.807) is 6.20 Å². The molecule has 0 saturated carbocycles. The minimum absolute atomic E-state index is 0.588. The number of nitrogens with zero attached hydrogens (tertiary/aromatic N) is 3. The van der Waals surface area contributed by atoms with Crippen molar-refractivity contribution in [1.29, 1.82) is 0 Å². The van der Waals surface area contributed by atoms with Gasteiger partial charge in [-0.1, -0.05) is 11.6 Å². The van der Waals surface area contributed by atoms with Gasteiger partial charge in [-0.3, -0.25) is 5.10 Å². The summed E-state index contributed by atoms with van der Waals surface area (Å²) in [6.07, 6.45) is 3.59. The normalized spacial score (nSPS) is 10.9. The molecule has 0 aliphatic carbocycles. The van der Waals surface area contributed by atoms with Crippen molar-refractivity contribution < 1.29 is 0 Å². The van der Waals surface area contributed by atoms with Gasteiger partial charge >= 0.3 is 0 Å². The number of hydrogen-bond donors (Lipinski definition) is 1. The third-order valence-corrected chi connectivity index (χ3v) is 2.95. The standard InChI is InChI=1S/C12H9BrN4/c1-7-2-3-10-9(4-7)11(17-12(13)16-10)8-5-14-15-6-8/h2-6H,1H3,(H,14,15). The van der Waals surface area contributed by atoms with Gasteiger partial charge in [0, 0.05) is 17.1 Å². The summed E-state index contributed by atoms with van der Waals surface area (Å²) in [7, 11) is 0. The molecule has 3 aromatic rings. The lowest BCUT2D eigenvalue weighted by atomic mass is 10.1. The van der Waals surface area contributed by atoms with Crippen LogP contribution in [-0.4, -0.2) is 20.2 Å². The first kappa shape index (κ1) is 10.4. The van der Waals surface area contributed by atoms with Crippen LogP contribution in [-0.2, 0) is 0 Å². The van der Waals surface area contributed by atoms with Crippen LogP contribution in [0.3, 0.4) is 0 Å². The van der Waals surface area contributed by atoms with Crippen molar-refractivity contribution in [2.45, 2.75) is 6.92 Å². The topological polar surface area (TPSA) is 54.5 Å². The van der Waals surface area contributed by atoms with Crippen molar-refractivity contribution in [3.63, 3.8) is 0 Å². The lowest BCUT2D eigenvalue weighted by Gasteiger charge is -2.05. The Labute approximate surface area is 106 Å². The van der Waals surface area contributed by atoms with E-state index in [1.165, 1.54) is 5.56 Å². The molecule has 0 radical (unpaired) electrons. The number of aromatic amines is 1. The molecule has 0 spiro atoms. The number of rotatable bonds is 1. The smallest absolute Gasteiger partial charge is 0.197 e. The van der Waals surface area contributed by atoms with Gasteiger partial charge in [-0.05, 0) is 35.0 Å². The van der Waals surface area contributed by atoms with Crippen molar-refractivity contribution in [2.24, 2.45) is 0 Å². The summed E-state index contributed by atoms with van der Waals surface area (Å²) < 4.78 is 0.588. The quantitative estimate of drug-likeness (QED) is 0.700. The number of halogens is 1. The minimum atomic E-state index is 0.588. The van der Waals surface area contributed by atoms with E-state index in [9.17, 15) is 0 Å². The fourth-order valence-electron chi connectivity index (χ4n) is 1.81. The molecule has 0 unspecified atom stereocenters. The highest BCUT2D eigenvalue weighted by atomic mass is 79.9. The first-order chi connectivity index (χ1) is 8.24. The van der Waals surface area contributed by atoms with Crippen molar-refractivity contribution in [2.75, 3.05) is 0 Å².